The Morgan fingerprint density at radius 2 is 2.20 bits per heavy atom. The van der Waals surface area contributed by atoms with Crippen LogP contribution in [-0.4, -0.2) is 30.2 Å². The normalized spacial score (nSPS) is 32.0. The van der Waals surface area contributed by atoms with Gasteiger partial charge in [-0.05, 0) is 44.4 Å². The Morgan fingerprint density at radius 3 is 2.80 bits per heavy atom. The number of carbonyl (C=O) groups excluding carboxylic acids is 1. The molecule has 0 bridgehead atoms. The predicted molar refractivity (Wildman–Crippen MR) is 80.4 cm³/mol. The average molecular weight is 282 g/mol. The molecule has 3 N–H and O–H groups in total. The summed E-state index contributed by atoms with van der Waals surface area (Å²) < 4.78 is 6.06. The number of hydrogen-bond acceptors (Lipinski definition) is 3. The maximum atomic E-state index is 11.9. The molecular weight excluding hydrogens is 252 g/mol. The second kappa shape index (κ2) is 6.90. The quantitative estimate of drug-likeness (QED) is 0.718. The first kappa shape index (κ1) is 15.8. The number of nitrogens with one attached hydrogen (secondary N) is 1. The minimum absolute atomic E-state index is 0.182. The topological polar surface area (TPSA) is 64.3 Å². The molecule has 3 unspecified atom stereocenters. The van der Waals surface area contributed by atoms with Crippen LogP contribution in [0.3, 0.4) is 0 Å². The highest BCUT2D eigenvalue weighted by Crippen LogP contribution is 2.34. The molecule has 2 aliphatic carbocycles. The smallest absolute Gasteiger partial charge is 0.237 e. The Balaban J connectivity index is 1.86. The maximum Gasteiger partial charge on any atom is 0.237 e. The van der Waals surface area contributed by atoms with E-state index in [1.54, 1.807) is 0 Å². The number of ether oxygens (including phenoxy) is 1. The van der Waals surface area contributed by atoms with Crippen LogP contribution in [-0.2, 0) is 9.53 Å². The lowest BCUT2D eigenvalue weighted by atomic mass is 9.79. The second-order valence-corrected chi connectivity index (χ2v) is 6.81. The van der Waals surface area contributed by atoms with E-state index in [4.69, 9.17) is 10.5 Å². The Hall–Kier alpha value is -0.610. The largest absolute Gasteiger partial charge is 0.378 e. The molecule has 116 valence electrons. The molecule has 20 heavy (non-hydrogen) atoms. The summed E-state index contributed by atoms with van der Waals surface area (Å²) in [7, 11) is 0. The highest BCUT2D eigenvalue weighted by molar-refractivity contribution is 5.85. The van der Waals surface area contributed by atoms with Gasteiger partial charge in [0.25, 0.3) is 0 Å². The van der Waals surface area contributed by atoms with Crippen molar-refractivity contribution in [2.75, 3.05) is 6.61 Å². The minimum atomic E-state index is -0.516. The van der Waals surface area contributed by atoms with Gasteiger partial charge in [-0.25, -0.2) is 0 Å². The summed E-state index contributed by atoms with van der Waals surface area (Å²) >= 11 is 0. The van der Waals surface area contributed by atoms with Crippen LogP contribution in [0.4, 0.5) is 0 Å². The first-order chi connectivity index (χ1) is 9.55. The third-order valence-electron chi connectivity index (χ3n) is 4.63. The van der Waals surface area contributed by atoms with Gasteiger partial charge in [-0.2, -0.15) is 0 Å². The van der Waals surface area contributed by atoms with E-state index in [1.165, 1.54) is 25.7 Å². The molecule has 0 saturated heterocycles. The van der Waals surface area contributed by atoms with E-state index in [2.05, 4.69) is 19.2 Å². The van der Waals surface area contributed by atoms with Crippen molar-refractivity contribution < 1.29 is 9.53 Å². The fraction of sp³-hybridized carbons (Fsp3) is 0.938. The summed E-state index contributed by atoms with van der Waals surface area (Å²) in [5.41, 5.74) is 5.17. The van der Waals surface area contributed by atoms with E-state index in [0.717, 1.165) is 32.3 Å². The standard InChI is InChI=1S/C16H30N2O2/c1-3-5-12(2)11-20-14-6-4-9-16(10-14,15(17)19)18-13-7-8-13/h12-14,18H,3-11H2,1-2H3,(H2,17,19). The molecule has 0 heterocycles. The zero-order valence-corrected chi connectivity index (χ0v) is 13.0. The van der Waals surface area contributed by atoms with Crippen molar-refractivity contribution in [2.45, 2.75) is 82.9 Å². The minimum Gasteiger partial charge on any atom is -0.378 e. The highest BCUT2D eigenvalue weighted by atomic mass is 16.5. The van der Waals surface area contributed by atoms with Crippen molar-refractivity contribution in [1.82, 2.24) is 5.32 Å². The summed E-state index contributed by atoms with van der Waals surface area (Å²) in [6.45, 7) is 5.24. The van der Waals surface area contributed by atoms with Crippen LogP contribution in [0.2, 0.25) is 0 Å². The molecule has 3 atom stereocenters. The van der Waals surface area contributed by atoms with E-state index in [-0.39, 0.29) is 12.0 Å². The maximum absolute atomic E-state index is 11.9. The molecule has 2 rings (SSSR count). The summed E-state index contributed by atoms with van der Waals surface area (Å²) in [5, 5.41) is 3.49. The number of rotatable bonds is 8. The fourth-order valence-electron chi connectivity index (χ4n) is 3.29. The first-order valence-corrected chi connectivity index (χ1v) is 8.25. The number of amides is 1. The van der Waals surface area contributed by atoms with Gasteiger partial charge in [0, 0.05) is 19.1 Å². The van der Waals surface area contributed by atoms with Gasteiger partial charge >= 0.3 is 0 Å². The molecule has 0 aliphatic heterocycles. The third kappa shape index (κ3) is 4.19. The van der Waals surface area contributed by atoms with Gasteiger partial charge in [-0.1, -0.05) is 20.3 Å². The molecule has 2 fully saturated rings. The van der Waals surface area contributed by atoms with Crippen LogP contribution in [0.15, 0.2) is 0 Å². The van der Waals surface area contributed by atoms with Crippen molar-refractivity contribution in [3.63, 3.8) is 0 Å². The zero-order chi connectivity index (χ0) is 14.6. The van der Waals surface area contributed by atoms with Crippen LogP contribution < -0.4 is 11.1 Å². The predicted octanol–water partition coefficient (Wildman–Crippen LogP) is 2.36. The number of carbonyl (C=O) groups is 1. The molecule has 1 amide bonds. The second-order valence-electron chi connectivity index (χ2n) is 6.81. The Bertz CT molecular complexity index is 330. The van der Waals surface area contributed by atoms with Gasteiger partial charge in [-0.3, -0.25) is 4.79 Å². The Morgan fingerprint density at radius 1 is 1.45 bits per heavy atom. The van der Waals surface area contributed by atoms with Crippen molar-refractivity contribution in [2.24, 2.45) is 11.7 Å². The molecule has 4 nitrogen and oxygen atoms in total. The molecule has 0 aromatic heterocycles. The van der Waals surface area contributed by atoms with Gasteiger partial charge in [-0.15, -0.1) is 0 Å². The summed E-state index contributed by atoms with van der Waals surface area (Å²) in [6.07, 6.45) is 8.62. The van der Waals surface area contributed by atoms with E-state index in [9.17, 15) is 4.79 Å². The number of nitrogens with two attached hydrogens (primary N) is 1. The lowest BCUT2D eigenvalue weighted by Crippen LogP contribution is -2.59. The van der Waals surface area contributed by atoms with Crippen LogP contribution in [0.5, 0.6) is 0 Å². The SMILES string of the molecule is CCCC(C)COC1CCCC(NC2CC2)(C(N)=O)C1. The fourth-order valence-corrected chi connectivity index (χ4v) is 3.29. The van der Waals surface area contributed by atoms with Crippen molar-refractivity contribution >= 4 is 5.91 Å². The lowest BCUT2D eigenvalue weighted by molar-refractivity contribution is -0.128. The van der Waals surface area contributed by atoms with E-state index >= 15 is 0 Å². The van der Waals surface area contributed by atoms with Gasteiger partial charge in [0.1, 0.15) is 5.54 Å². The van der Waals surface area contributed by atoms with Gasteiger partial charge in [0.2, 0.25) is 5.91 Å². The highest BCUT2D eigenvalue weighted by Gasteiger charge is 2.44. The van der Waals surface area contributed by atoms with Gasteiger partial charge in [0.05, 0.1) is 6.10 Å². The van der Waals surface area contributed by atoms with Gasteiger partial charge < -0.3 is 15.8 Å². The van der Waals surface area contributed by atoms with Gasteiger partial charge in [0.15, 0.2) is 0 Å². The van der Waals surface area contributed by atoms with Crippen molar-refractivity contribution in [3.05, 3.63) is 0 Å². The molecule has 4 heteroatoms. The molecule has 0 aromatic carbocycles. The van der Waals surface area contributed by atoms with Crippen LogP contribution >= 0.6 is 0 Å². The Kier molecular flexibility index (Phi) is 5.44. The molecular formula is C16H30N2O2. The summed E-state index contributed by atoms with van der Waals surface area (Å²) in [4.78, 5) is 11.9. The molecule has 2 saturated carbocycles. The monoisotopic (exact) mass is 282 g/mol. The third-order valence-corrected chi connectivity index (χ3v) is 4.63. The molecule has 0 spiro atoms. The van der Waals surface area contributed by atoms with Crippen molar-refractivity contribution in [1.29, 1.82) is 0 Å². The van der Waals surface area contributed by atoms with E-state index in [1.807, 2.05) is 0 Å². The molecule has 0 radical (unpaired) electrons. The van der Waals surface area contributed by atoms with Crippen LogP contribution in [0, 0.1) is 5.92 Å². The average Bonchev–Trinajstić information content (AvgIpc) is 3.21. The Labute approximate surface area is 122 Å². The van der Waals surface area contributed by atoms with Crippen LogP contribution in [0.25, 0.3) is 0 Å². The molecule has 0 aromatic rings. The number of hydrogen-bond donors (Lipinski definition) is 2. The van der Waals surface area contributed by atoms with Crippen LogP contribution in [0.1, 0.15) is 65.2 Å². The molecule has 2 aliphatic rings. The number of primary amides is 1. The van der Waals surface area contributed by atoms with E-state index in [0.29, 0.717) is 12.0 Å². The summed E-state index contributed by atoms with van der Waals surface area (Å²) in [6, 6.07) is 0.500. The first-order valence-electron chi connectivity index (χ1n) is 8.25. The summed E-state index contributed by atoms with van der Waals surface area (Å²) in [5.74, 6) is 0.403. The van der Waals surface area contributed by atoms with Crippen molar-refractivity contribution in [3.8, 4) is 0 Å². The lowest BCUT2D eigenvalue weighted by Gasteiger charge is -2.39. The zero-order valence-electron chi connectivity index (χ0n) is 13.0. The van der Waals surface area contributed by atoms with E-state index < -0.39 is 5.54 Å².